The zero-order valence-corrected chi connectivity index (χ0v) is 32.5. The molecule has 0 bridgehead atoms. The fraction of sp³-hybridized carbons (Fsp3) is 0.707. The third-order valence-electron chi connectivity index (χ3n) is 11.6. The first kappa shape index (κ1) is 38.8. The molecule has 3 fully saturated rings. The Morgan fingerprint density at radius 2 is 1.75 bits per heavy atom. The van der Waals surface area contributed by atoms with Gasteiger partial charge in [-0.15, -0.1) is 0 Å². The van der Waals surface area contributed by atoms with Gasteiger partial charge >= 0.3 is 0 Å². The number of aryl methyl sites for hydroxylation is 1. The van der Waals surface area contributed by atoms with Crippen LogP contribution in [0.25, 0.3) is 0 Å². The average molecular weight is 734 g/mol. The van der Waals surface area contributed by atoms with E-state index in [4.69, 9.17) is 9.57 Å². The van der Waals surface area contributed by atoms with Gasteiger partial charge in [0, 0.05) is 25.3 Å². The lowest BCUT2D eigenvalue weighted by Gasteiger charge is -2.36. The predicted molar refractivity (Wildman–Crippen MR) is 200 cm³/mol. The van der Waals surface area contributed by atoms with E-state index in [1.807, 2.05) is 39.8 Å². The lowest BCUT2D eigenvalue weighted by Crippen LogP contribution is -2.59. The van der Waals surface area contributed by atoms with Crippen molar-refractivity contribution < 1.29 is 33.5 Å². The maximum Gasteiger partial charge on any atom is 0.289 e. The second-order valence-corrected chi connectivity index (χ2v) is 17.9. The number of carbonyl (C=O) groups is 5. The van der Waals surface area contributed by atoms with Crippen molar-refractivity contribution in [3.63, 3.8) is 0 Å². The minimum absolute atomic E-state index is 0.00177. The molecule has 6 rings (SSSR count). The van der Waals surface area contributed by atoms with Gasteiger partial charge in [0.15, 0.2) is 5.60 Å². The van der Waals surface area contributed by atoms with E-state index in [0.717, 1.165) is 74.0 Å². The van der Waals surface area contributed by atoms with Gasteiger partial charge in [0.1, 0.15) is 23.4 Å². The number of likely N-dealkylation sites (tertiary alicyclic amines) is 1. The summed E-state index contributed by atoms with van der Waals surface area (Å²) in [4.78, 5) is 76.2. The van der Waals surface area contributed by atoms with E-state index in [1.165, 1.54) is 11.3 Å². The van der Waals surface area contributed by atoms with Crippen LogP contribution in [0.2, 0.25) is 0 Å². The Labute approximate surface area is 313 Å². The Balaban J connectivity index is 1.23. The highest BCUT2D eigenvalue weighted by molar-refractivity contribution is 6.38. The van der Waals surface area contributed by atoms with Gasteiger partial charge in [-0.05, 0) is 99.5 Å². The van der Waals surface area contributed by atoms with Crippen LogP contribution in [0.5, 0.6) is 5.75 Å². The summed E-state index contributed by atoms with van der Waals surface area (Å²) in [5.74, 6) is -1.33. The molecule has 2 saturated carbocycles. The van der Waals surface area contributed by atoms with Gasteiger partial charge in [0.05, 0.1) is 18.3 Å². The molecule has 4 atom stereocenters. The first-order valence-corrected chi connectivity index (χ1v) is 19.9. The van der Waals surface area contributed by atoms with Crippen molar-refractivity contribution in [3.05, 3.63) is 29.3 Å². The standard InChI is InChI=1S/C41H59N5O7/c1-7-11-29(34(48)37(50)42-28-15-16-28)43-36(49)31-23-41(22-30(45-53-41)26-14-17-32-27(21-26)18-19-40(5,6)52-32)24-46(31)38(51)35(39(2,3)4)44-33(47)20-25-12-9-8-10-13-25/h14,17,21,25,28-29,31,35H,7-13,15-16,18-20,22-24H2,1-6H3,(H,42,50)(H,43,49)(H,44,47)/t29-,31-,35+,41-/m0/s1. The van der Waals surface area contributed by atoms with Crippen molar-refractivity contribution >= 4 is 35.1 Å². The molecule has 2 aliphatic carbocycles. The molecule has 1 spiro atoms. The maximum absolute atomic E-state index is 14.7. The Kier molecular flexibility index (Phi) is 11.3. The summed E-state index contributed by atoms with van der Waals surface area (Å²) in [6, 6.07) is 3.05. The Bertz CT molecular complexity index is 1620. The number of carbonyl (C=O) groups excluding carboxylic acids is 5. The van der Waals surface area contributed by atoms with Crippen LogP contribution in [0.4, 0.5) is 0 Å². The number of nitrogens with zero attached hydrogens (tertiary/aromatic N) is 2. The lowest BCUT2D eigenvalue weighted by atomic mass is 9.84. The van der Waals surface area contributed by atoms with Gasteiger partial charge in [-0.25, -0.2) is 0 Å². The number of fused-ring (bicyclic) bond motifs is 1. The molecule has 12 nitrogen and oxygen atoms in total. The topological polar surface area (TPSA) is 156 Å². The van der Waals surface area contributed by atoms with E-state index in [2.05, 4.69) is 41.0 Å². The molecule has 4 amide bonds. The molecular formula is C41H59N5O7. The summed E-state index contributed by atoms with van der Waals surface area (Å²) in [6.07, 6.45) is 10.5. The quantitative estimate of drug-likeness (QED) is 0.259. The molecular weight excluding hydrogens is 674 g/mol. The van der Waals surface area contributed by atoms with E-state index in [1.54, 1.807) is 0 Å². The molecule has 1 aromatic carbocycles. The summed E-state index contributed by atoms with van der Waals surface area (Å²) < 4.78 is 6.19. The summed E-state index contributed by atoms with van der Waals surface area (Å²) in [6.45, 7) is 11.8. The second kappa shape index (κ2) is 15.4. The Morgan fingerprint density at radius 1 is 1.02 bits per heavy atom. The molecule has 0 radical (unpaired) electrons. The third-order valence-corrected chi connectivity index (χ3v) is 11.6. The summed E-state index contributed by atoms with van der Waals surface area (Å²) >= 11 is 0. The summed E-state index contributed by atoms with van der Waals surface area (Å²) in [5, 5.41) is 13.2. The average Bonchev–Trinajstić information content (AvgIpc) is 3.70. The number of oxime groups is 1. The predicted octanol–water partition coefficient (Wildman–Crippen LogP) is 4.89. The van der Waals surface area contributed by atoms with Crippen LogP contribution in [-0.2, 0) is 35.2 Å². The number of ether oxygens (including phenoxy) is 1. The smallest absolute Gasteiger partial charge is 0.289 e. The minimum atomic E-state index is -1.03. The lowest BCUT2D eigenvalue weighted by molar-refractivity contribution is -0.145. The van der Waals surface area contributed by atoms with Gasteiger partial charge in [-0.2, -0.15) is 0 Å². The molecule has 290 valence electrons. The molecule has 3 aliphatic heterocycles. The van der Waals surface area contributed by atoms with Crippen LogP contribution < -0.4 is 20.7 Å². The van der Waals surface area contributed by atoms with E-state index in [0.29, 0.717) is 25.2 Å². The number of nitrogens with one attached hydrogen (secondary N) is 3. The zero-order valence-electron chi connectivity index (χ0n) is 32.5. The number of benzene rings is 1. The van der Waals surface area contributed by atoms with Crippen molar-refractivity contribution in [2.75, 3.05) is 6.54 Å². The van der Waals surface area contributed by atoms with E-state index < -0.39 is 46.7 Å². The molecule has 1 saturated heterocycles. The fourth-order valence-electron chi connectivity index (χ4n) is 8.28. The molecule has 5 aliphatic rings. The summed E-state index contributed by atoms with van der Waals surface area (Å²) in [7, 11) is 0. The van der Waals surface area contributed by atoms with Gasteiger partial charge in [0.25, 0.3) is 5.91 Å². The van der Waals surface area contributed by atoms with Gasteiger partial charge in [0.2, 0.25) is 23.5 Å². The number of amides is 4. The first-order chi connectivity index (χ1) is 25.1. The monoisotopic (exact) mass is 733 g/mol. The van der Waals surface area contributed by atoms with Crippen LogP contribution in [0.15, 0.2) is 23.4 Å². The Morgan fingerprint density at radius 3 is 2.43 bits per heavy atom. The molecule has 0 unspecified atom stereocenters. The van der Waals surface area contributed by atoms with Crippen molar-refractivity contribution in [3.8, 4) is 5.75 Å². The van der Waals surface area contributed by atoms with E-state index in [-0.39, 0.29) is 42.8 Å². The van der Waals surface area contributed by atoms with Gasteiger partial charge in [-0.3, -0.25) is 24.0 Å². The number of Topliss-reactive ketones (excluding diaryl/α,β-unsaturated/α-hetero) is 1. The normalized spacial score (nSPS) is 25.0. The van der Waals surface area contributed by atoms with Crippen LogP contribution in [-0.4, -0.2) is 81.9 Å². The van der Waals surface area contributed by atoms with Crippen LogP contribution in [0, 0.1) is 11.3 Å². The maximum atomic E-state index is 14.7. The zero-order chi connectivity index (χ0) is 38.1. The third kappa shape index (κ3) is 9.23. The van der Waals surface area contributed by atoms with Crippen molar-refractivity contribution in [2.45, 2.75) is 167 Å². The highest BCUT2D eigenvalue weighted by atomic mass is 16.7. The molecule has 53 heavy (non-hydrogen) atoms. The number of hydrogen-bond donors (Lipinski definition) is 3. The Hall–Kier alpha value is -3.96. The molecule has 12 heteroatoms. The molecule has 1 aromatic rings. The number of hydrogen-bond acceptors (Lipinski definition) is 8. The summed E-state index contributed by atoms with van der Waals surface area (Å²) in [5.41, 5.74) is 0.811. The first-order valence-electron chi connectivity index (χ1n) is 19.9. The second-order valence-electron chi connectivity index (χ2n) is 17.9. The highest BCUT2D eigenvalue weighted by Gasteiger charge is 2.56. The SMILES string of the molecule is CCC[C@H](NC(=O)[C@@H]1C[C@@]2(CC(c3ccc4c(c3)CCC(C)(C)O4)=NO2)CN1C(=O)[C@@H](NC(=O)CC1CCCCC1)C(C)(C)C)C(=O)C(=O)NC1CC1. The van der Waals surface area contributed by atoms with Gasteiger partial charge < -0.3 is 30.4 Å². The number of rotatable bonds is 12. The van der Waals surface area contributed by atoms with Crippen LogP contribution >= 0.6 is 0 Å². The van der Waals surface area contributed by atoms with Crippen molar-refractivity contribution in [1.82, 2.24) is 20.9 Å². The molecule has 3 heterocycles. The van der Waals surface area contributed by atoms with E-state index in [9.17, 15) is 24.0 Å². The highest BCUT2D eigenvalue weighted by Crippen LogP contribution is 2.41. The van der Waals surface area contributed by atoms with Crippen LogP contribution in [0.1, 0.15) is 136 Å². The van der Waals surface area contributed by atoms with Crippen molar-refractivity contribution in [1.29, 1.82) is 0 Å². The van der Waals surface area contributed by atoms with Gasteiger partial charge in [-0.1, -0.05) is 58.5 Å². The fourth-order valence-corrected chi connectivity index (χ4v) is 8.28. The minimum Gasteiger partial charge on any atom is -0.488 e. The largest absolute Gasteiger partial charge is 0.488 e. The molecule has 3 N–H and O–H groups in total. The number of ketones is 1. The van der Waals surface area contributed by atoms with E-state index >= 15 is 0 Å². The van der Waals surface area contributed by atoms with Crippen molar-refractivity contribution in [2.24, 2.45) is 16.5 Å². The van der Waals surface area contributed by atoms with Crippen LogP contribution in [0.3, 0.4) is 0 Å². The molecule has 0 aromatic heterocycles.